The van der Waals surface area contributed by atoms with E-state index in [0.29, 0.717) is 19.8 Å². The van der Waals surface area contributed by atoms with E-state index < -0.39 is 0 Å². The molecule has 3 rings (SSSR count). The van der Waals surface area contributed by atoms with Crippen LogP contribution in [0.5, 0.6) is 0 Å². The smallest absolute Gasteiger partial charge is 0.249 e. The predicted molar refractivity (Wildman–Crippen MR) is 94.2 cm³/mol. The van der Waals surface area contributed by atoms with Crippen molar-refractivity contribution in [1.82, 2.24) is 19.6 Å². The quantitative estimate of drug-likeness (QED) is 0.772. The van der Waals surface area contributed by atoms with Gasteiger partial charge in [0, 0.05) is 38.5 Å². The first kappa shape index (κ1) is 18.4. The van der Waals surface area contributed by atoms with Gasteiger partial charge < -0.3 is 19.3 Å². The second-order valence-corrected chi connectivity index (χ2v) is 6.89. The molecule has 0 spiro atoms. The second-order valence-electron chi connectivity index (χ2n) is 6.89. The highest BCUT2D eigenvalue weighted by Crippen LogP contribution is 2.30. The van der Waals surface area contributed by atoms with Gasteiger partial charge in [-0.1, -0.05) is 6.42 Å². The maximum atomic E-state index is 12.7. The van der Waals surface area contributed by atoms with Crippen molar-refractivity contribution in [3.8, 4) is 0 Å². The number of likely N-dealkylation sites (tertiary alicyclic amines) is 1. The monoisotopic (exact) mass is 350 g/mol. The molecule has 2 saturated heterocycles. The molecule has 1 aromatic rings. The van der Waals surface area contributed by atoms with Gasteiger partial charge in [0.2, 0.25) is 5.91 Å². The van der Waals surface area contributed by atoms with Gasteiger partial charge in [0.25, 0.3) is 0 Å². The van der Waals surface area contributed by atoms with Crippen LogP contribution in [-0.2, 0) is 21.3 Å². The molecule has 140 valence electrons. The molecule has 0 N–H and O–H groups in total. The lowest BCUT2D eigenvalue weighted by molar-refractivity contribution is -0.153. The summed E-state index contributed by atoms with van der Waals surface area (Å²) in [5.74, 6) is 0.0302. The first-order valence-corrected chi connectivity index (χ1v) is 9.38. The normalized spacial score (nSPS) is 25.3. The van der Waals surface area contributed by atoms with Crippen molar-refractivity contribution in [2.24, 2.45) is 7.05 Å². The third kappa shape index (κ3) is 4.59. The topological polar surface area (TPSA) is 59.8 Å². The number of aromatic nitrogens is 2. The zero-order valence-corrected chi connectivity index (χ0v) is 15.4. The number of ether oxygens (including phenoxy) is 2. The average molecular weight is 350 g/mol. The van der Waals surface area contributed by atoms with Crippen molar-refractivity contribution in [2.75, 3.05) is 46.0 Å². The molecule has 0 radical (unpaired) electrons. The molecule has 0 aliphatic carbocycles. The highest BCUT2D eigenvalue weighted by Gasteiger charge is 2.38. The Balaban J connectivity index is 1.77. The number of morpholine rings is 1. The minimum atomic E-state index is -0.0997. The number of aryl methyl sites for hydroxylation is 1. The Labute approximate surface area is 149 Å². The van der Waals surface area contributed by atoms with E-state index in [1.807, 2.05) is 31.3 Å². The summed E-state index contributed by atoms with van der Waals surface area (Å²) in [4.78, 5) is 17.1. The molecule has 0 unspecified atom stereocenters. The van der Waals surface area contributed by atoms with E-state index in [1.165, 1.54) is 19.3 Å². The van der Waals surface area contributed by atoms with E-state index in [4.69, 9.17) is 9.47 Å². The summed E-state index contributed by atoms with van der Waals surface area (Å²) in [5.41, 5.74) is 1.04. The van der Waals surface area contributed by atoms with E-state index >= 15 is 0 Å². The zero-order valence-electron chi connectivity index (χ0n) is 15.4. The standard InChI is InChI=1S/C18H30N4O3/c1-3-24-14-17(23)22-9-10-25-16(13-21-7-5-4-6-8-21)18(22)15-11-19-20(2)12-15/h11-12,16,18H,3-10,13-14H2,1-2H3/t16-,18-/m0/s1. The number of amides is 1. The van der Waals surface area contributed by atoms with Gasteiger partial charge in [-0.15, -0.1) is 0 Å². The summed E-state index contributed by atoms with van der Waals surface area (Å²) in [6.45, 7) is 6.85. The number of piperidine rings is 1. The summed E-state index contributed by atoms with van der Waals surface area (Å²) in [6.07, 6.45) is 7.62. The molecule has 1 aromatic heterocycles. The predicted octanol–water partition coefficient (Wildman–Crippen LogP) is 1.21. The number of nitrogens with zero attached hydrogens (tertiary/aromatic N) is 4. The summed E-state index contributed by atoms with van der Waals surface area (Å²) in [5, 5.41) is 4.31. The molecule has 0 aromatic carbocycles. The highest BCUT2D eigenvalue weighted by atomic mass is 16.5. The van der Waals surface area contributed by atoms with Crippen LogP contribution in [0.1, 0.15) is 37.8 Å². The third-order valence-electron chi connectivity index (χ3n) is 5.06. The highest BCUT2D eigenvalue weighted by molar-refractivity contribution is 5.78. The molecular formula is C18H30N4O3. The van der Waals surface area contributed by atoms with Crippen molar-refractivity contribution in [1.29, 1.82) is 0 Å². The van der Waals surface area contributed by atoms with Crippen LogP contribution < -0.4 is 0 Å². The minimum absolute atomic E-state index is 0.0263. The molecule has 2 atom stereocenters. The Kier molecular flexibility index (Phi) is 6.45. The molecule has 2 aliphatic heterocycles. The van der Waals surface area contributed by atoms with Crippen molar-refractivity contribution in [3.05, 3.63) is 18.0 Å². The number of hydrogen-bond acceptors (Lipinski definition) is 5. The Morgan fingerprint density at radius 2 is 2.12 bits per heavy atom. The van der Waals surface area contributed by atoms with Crippen LogP contribution in [0, 0.1) is 0 Å². The zero-order chi connectivity index (χ0) is 17.6. The van der Waals surface area contributed by atoms with Crippen molar-refractivity contribution < 1.29 is 14.3 Å². The Morgan fingerprint density at radius 3 is 2.80 bits per heavy atom. The lowest BCUT2D eigenvalue weighted by atomic mass is 9.99. The van der Waals surface area contributed by atoms with Crippen LogP contribution in [0.4, 0.5) is 0 Å². The molecule has 2 fully saturated rings. The Hall–Kier alpha value is -1.44. The fourth-order valence-electron chi connectivity index (χ4n) is 3.82. The van der Waals surface area contributed by atoms with E-state index in [1.54, 1.807) is 4.68 Å². The number of hydrogen-bond donors (Lipinski definition) is 0. The molecule has 3 heterocycles. The Bertz CT molecular complexity index is 556. The van der Waals surface area contributed by atoms with E-state index in [9.17, 15) is 4.79 Å². The second kappa shape index (κ2) is 8.78. The van der Waals surface area contributed by atoms with Gasteiger partial charge in [0.15, 0.2) is 0 Å². The molecule has 2 aliphatic rings. The van der Waals surface area contributed by atoms with E-state index in [-0.39, 0.29) is 24.7 Å². The summed E-state index contributed by atoms with van der Waals surface area (Å²) in [6, 6.07) is -0.0997. The van der Waals surface area contributed by atoms with Gasteiger partial charge in [-0.3, -0.25) is 9.48 Å². The van der Waals surface area contributed by atoms with Crippen LogP contribution in [0.15, 0.2) is 12.4 Å². The van der Waals surface area contributed by atoms with Crippen LogP contribution in [0.25, 0.3) is 0 Å². The lowest BCUT2D eigenvalue weighted by Gasteiger charge is -2.43. The molecule has 0 saturated carbocycles. The molecule has 7 nitrogen and oxygen atoms in total. The molecule has 25 heavy (non-hydrogen) atoms. The molecule has 1 amide bonds. The minimum Gasteiger partial charge on any atom is -0.373 e. The summed E-state index contributed by atoms with van der Waals surface area (Å²) >= 11 is 0. The number of carbonyl (C=O) groups is 1. The summed E-state index contributed by atoms with van der Waals surface area (Å²) < 4.78 is 13.3. The molecule has 0 bridgehead atoms. The van der Waals surface area contributed by atoms with Crippen molar-refractivity contribution in [2.45, 2.75) is 38.3 Å². The average Bonchev–Trinajstić information content (AvgIpc) is 3.06. The SMILES string of the molecule is CCOCC(=O)N1CCO[C@@H](CN2CCCCC2)[C@@H]1c1cnn(C)c1. The van der Waals surface area contributed by atoms with Gasteiger partial charge in [0.1, 0.15) is 6.61 Å². The van der Waals surface area contributed by atoms with Crippen LogP contribution >= 0.6 is 0 Å². The van der Waals surface area contributed by atoms with Crippen LogP contribution in [0.2, 0.25) is 0 Å². The maximum Gasteiger partial charge on any atom is 0.249 e. The third-order valence-corrected chi connectivity index (χ3v) is 5.06. The molecular weight excluding hydrogens is 320 g/mol. The first-order chi connectivity index (χ1) is 12.2. The van der Waals surface area contributed by atoms with Crippen molar-refractivity contribution >= 4 is 5.91 Å². The maximum absolute atomic E-state index is 12.7. The van der Waals surface area contributed by atoms with Gasteiger partial charge >= 0.3 is 0 Å². The van der Waals surface area contributed by atoms with E-state index in [2.05, 4.69) is 10.00 Å². The summed E-state index contributed by atoms with van der Waals surface area (Å²) in [7, 11) is 1.90. The molecule has 7 heteroatoms. The first-order valence-electron chi connectivity index (χ1n) is 9.38. The fraction of sp³-hybridized carbons (Fsp3) is 0.778. The van der Waals surface area contributed by atoms with Gasteiger partial charge in [-0.25, -0.2) is 0 Å². The van der Waals surface area contributed by atoms with Crippen LogP contribution in [0.3, 0.4) is 0 Å². The van der Waals surface area contributed by atoms with Gasteiger partial charge in [0.05, 0.1) is 24.9 Å². The van der Waals surface area contributed by atoms with E-state index in [0.717, 1.165) is 25.2 Å². The fourth-order valence-corrected chi connectivity index (χ4v) is 3.82. The van der Waals surface area contributed by atoms with Gasteiger partial charge in [-0.05, 0) is 32.9 Å². The largest absolute Gasteiger partial charge is 0.373 e. The number of rotatable bonds is 6. The van der Waals surface area contributed by atoms with Gasteiger partial charge in [-0.2, -0.15) is 5.10 Å². The lowest BCUT2D eigenvalue weighted by Crippen LogP contribution is -2.53. The van der Waals surface area contributed by atoms with Crippen molar-refractivity contribution in [3.63, 3.8) is 0 Å². The van der Waals surface area contributed by atoms with Crippen LogP contribution in [-0.4, -0.2) is 77.6 Å². The number of carbonyl (C=O) groups excluding carboxylic acids is 1. The Morgan fingerprint density at radius 1 is 1.32 bits per heavy atom.